The van der Waals surface area contributed by atoms with Gasteiger partial charge in [0.1, 0.15) is 5.69 Å². The van der Waals surface area contributed by atoms with Gasteiger partial charge in [-0.2, -0.15) is 0 Å². The molecule has 0 aliphatic carbocycles. The Morgan fingerprint density at radius 3 is 2.41 bits per heavy atom. The van der Waals surface area contributed by atoms with Crippen molar-refractivity contribution in [2.75, 3.05) is 11.1 Å². The maximum Gasteiger partial charge on any atom is 0.272 e. The number of rotatable bonds is 5. The molecule has 7 heteroatoms. The quantitative estimate of drug-likeness (QED) is 0.178. The van der Waals surface area contributed by atoms with Crippen LogP contribution < -0.4 is 22.5 Å². The number of fused-ring (bicyclic) bond motifs is 2. The Balaban J connectivity index is 1.63. The van der Waals surface area contributed by atoms with Crippen molar-refractivity contribution in [1.82, 2.24) is 4.57 Å². The molecule has 7 nitrogen and oxygen atoms in total. The lowest BCUT2D eigenvalue weighted by molar-refractivity contribution is 0.101. The van der Waals surface area contributed by atoms with Gasteiger partial charge < -0.3 is 27.1 Å². The van der Waals surface area contributed by atoms with Crippen molar-refractivity contribution < 1.29 is 4.79 Å². The van der Waals surface area contributed by atoms with E-state index >= 15 is 0 Å². The number of carbonyl (C=O) groups excluding carboxylic acids is 1. The molecule has 0 bridgehead atoms. The number of hydrogen-bond donors (Lipinski definition) is 4. The molecule has 4 aromatic carbocycles. The summed E-state index contributed by atoms with van der Waals surface area (Å²) in [7, 11) is 0. The Morgan fingerprint density at radius 1 is 0.853 bits per heavy atom. The second-order valence-corrected chi connectivity index (χ2v) is 8.11. The Morgan fingerprint density at radius 2 is 1.62 bits per heavy atom. The second-order valence-electron chi connectivity index (χ2n) is 8.11. The molecule has 1 amide bonds. The fourth-order valence-electron chi connectivity index (χ4n) is 4.18. The van der Waals surface area contributed by atoms with E-state index in [1.54, 1.807) is 24.3 Å². The predicted molar refractivity (Wildman–Crippen MR) is 139 cm³/mol. The van der Waals surface area contributed by atoms with Crippen LogP contribution in [0.2, 0.25) is 0 Å². The molecule has 168 valence electrons. The van der Waals surface area contributed by atoms with Gasteiger partial charge in [0, 0.05) is 23.3 Å². The minimum Gasteiger partial charge on any atom is -0.399 e. The third-order valence-corrected chi connectivity index (χ3v) is 5.76. The number of amides is 1. The van der Waals surface area contributed by atoms with E-state index in [2.05, 4.69) is 34.6 Å². The Bertz CT molecular complexity index is 1540. The minimum atomic E-state index is -0.218. The first kappa shape index (κ1) is 21.1. The first-order chi connectivity index (χ1) is 16.5. The highest BCUT2D eigenvalue weighted by Gasteiger charge is 2.17. The molecule has 1 heterocycles. The normalized spacial score (nSPS) is 10.9. The van der Waals surface area contributed by atoms with Crippen LogP contribution in [0.3, 0.4) is 0 Å². The lowest BCUT2D eigenvalue weighted by atomic mass is 10.0. The van der Waals surface area contributed by atoms with Gasteiger partial charge in [-0.1, -0.05) is 48.5 Å². The van der Waals surface area contributed by atoms with Gasteiger partial charge in [-0.3, -0.25) is 4.79 Å². The standard InChI is InChI=1S/C27H24N6O/c28-20-9-12-21(13-10-20)31-26(34)25-14-18-8-11-22(32-27(29)30)15-24(18)33(25)16-19-6-3-5-17-4-1-2-7-23(17)19/h1-15H,16,28H2,(H,31,34)(H4,29,30,32). The molecule has 5 rings (SSSR count). The minimum absolute atomic E-state index is 0.0205. The number of hydrogen-bond acceptors (Lipinski definition) is 3. The van der Waals surface area contributed by atoms with Crippen LogP contribution >= 0.6 is 0 Å². The molecule has 0 radical (unpaired) electrons. The summed E-state index contributed by atoms with van der Waals surface area (Å²) in [5, 5.41) is 6.17. The van der Waals surface area contributed by atoms with E-state index in [1.165, 1.54) is 0 Å². The maximum absolute atomic E-state index is 13.4. The molecule has 0 saturated carbocycles. The highest BCUT2D eigenvalue weighted by Crippen LogP contribution is 2.28. The van der Waals surface area contributed by atoms with E-state index in [0.717, 1.165) is 27.2 Å². The molecule has 0 spiro atoms. The van der Waals surface area contributed by atoms with E-state index in [0.29, 0.717) is 29.3 Å². The Hall–Kier alpha value is -4.78. The number of nitrogen functional groups attached to an aromatic ring is 1. The largest absolute Gasteiger partial charge is 0.399 e. The summed E-state index contributed by atoms with van der Waals surface area (Å²) in [6, 6.07) is 29.0. The van der Waals surface area contributed by atoms with Crippen molar-refractivity contribution in [1.29, 1.82) is 0 Å². The van der Waals surface area contributed by atoms with Gasteiger partial charge in [-0.05, 0) is 58.8 Å². The molecule has 0 atom stereocenters. The highest BCUT2D eigenvalue weighted by molar-refractivity contribution is 6.07. The lowest BCUT2D eigenvalue weighted by Crippen LogP contribution is -2.21. The summed E-state index contributed by atoms with van der Waals surface area (Å²) in [5.41, 5.74) is 21.4. The van der Waals surface area contributed by atoms with Crippen LogP contribution in [0.1, 0.15) is 16.1 Å². The van der Waals surface area contributed by atoms with Crippen molar-refractivity contribution in [2.24, 2.45) is 16.5 Å². The number of aromatic nitrogens is 1. The molecular formula is C27H24N6O. The van der Waals surface area contributed by atoms with Crippen molar-refractivity contribution in [3.05, 3.63) is 102 Å². The number of aliphatic imine (C=N–C) groups is 1. The van der Waals surface area contributed by atoms with Gasteiger partial charge in [0.2, 0.25) is 0 Å². The molecule has 0 aliphatic heterocycles. The van der Waals surface area contributed by atoms with Gasteiger partial charge >= 0.3 is 0 Å². The zero-order valence-electron chi connectivity index (χ0n) is 18.4. The first-order valence-corrected chi connectivity index (χ1v) is 10.8. The molecule has 0 saturated heterocycles. The third kappa shape index (κ3) is 4.14. The number of nitrogens with two attached hydrogens (primary N) is 3. The summed E-state index contributed by atoms with van der Waals surface area (Å²) in [5.74, 6) is -0.238. The molecule has 7 N–H and O–H groups in total. The van der Waals surface area contributed by atoms with E-state index in [4.69, 9.17) is 17.2 Å². The zero-order valence-corrected chi connectivity index (χ0v) is 18.4. The van der Waals surface area contributed by atoms with E-state index in [-0.39, 0.29) is 11.9 Å². The monoisotopic (exact) mass is 448 g/mol. The predicted octanol–water partition coefficient (Wildman–Crippen LogP) is 4.58. The smallest absolute Gasteiger partial charge is 0.272 e. The van der Waals surface area contributed by atoms with Crippen molar-refractivity contribution in [3.8, 4) is 0 Å². The Kier molecular flexibility index (Phi) is 5.35. The van der Waals surface area contributed by atoms with Crippen LogP contribution in [-0.2, 0) is 6.54 Å². The van der Waals surface area contributed by atoms with Crippen LogP contribution in [0, 0.1) is 0 Å². The molecule has 0 fully saturated rings. The van der Waals surface area contributed by atoms with Crippen LogP contribution in [0.4, 0.5) is 17.1 Å². The fourth-order valence-corrected chi connectivity index (χ4v) is 4.18. The van der Waals surface area contributed by atoms with Crippen LogP contribution in [0.15, 0.2) is 96.0 Å². The van der Waals surface area contributed by atoms with Gasteiger partial charge in [-0.25, -0.2) is 4.99 Å². The summed E-state index contributed by atoms with van der Waals surface area (Å²) in [6.07, 6.45) is 0. The zero-order chi connectivity index (χ0) is 23.7. The van der Waals surface area contributed by atoms with Gasteiger partial charge in [-0.15, -0.1) is 0 Å². The van der Waals surface area contributed by atoms with Crippen molar-refractivity contribution >= 4 is 50.6 Å². The molecular weight excluding hydrogens is 424 g/mol. The van der Waals surface area contributed by atoms with Gasteiger partial charge in [0.25, 0.3) is 5.91 Å². The molecule has 1 aromatic heterocycles. The second kappa shape index (κ2) is 8.63. The summed E-state index contributed by atoms with van der Waals surface area (Å²) in [6.45, 7) is 0.501. The maximum atomic E-state index is 13.4. The van der Waals surface area contributed by atoms with Crippen LogP contribution in [-0.4, -0.2) is 16.4 Å². The lowest BCUT2D eigenvalue weighted by Gasteiger charge is -2.14. The average Bonchev–Trinajstić information content (AvgIpc) is 3.18. The topological polar surface area (TPSA) is 124 Å². The summed E-state index contributed by atoms with van der Waals surface area (Å²) in [4.78, 5) is 17.6. The number of benzene rings is 4. The number of carbonyl (C=O) groups is 1. The van der Waals surface area contributed by atoms with E-state index < -0.39 is 0 Å². The molecule has 0 unspecified atom stereocenters. The SMILES string of the molecule is NC(N)=Nc1ccc2cc(C(=O)Nc3ccc(N)cc3)n(Cc3cccc4ccccc34)c2c1. The first-order valence-electron chi connectivity index (χ1n) is 10.8. The van der Waals surface area contributed by atoms with E-state index in [9.17, 15) is 4.79 Å². The number of nitrogens with zero attached hydrogens (tertiary/aromatic N) is 2. The number of anilines is 2. The van der Waals surface area contributed by atoms with Crippen molar-refractivity contribution in [2.45, 2.75) is 6.54 Å². The van der Waals surface area contributed by atoms with Crippen molar-refractivity contribution in [3.63, 3.8) is 0 Å². The van der Waals surface area contributed by atoms with Crippen LogP contribution in [0.5, 0.6) is 0 Å². The third-order valence-electron chi connectivity index (χ3n) is 5.76. The number of nitrogens with one attached hydrogen (secondary N) is 1. The highest BCUT2D eigenvalue weighted by atomic mass is 16.1. The number of guanidine groups is 1. The summed E-state index contributed by atoms with van der Waals surface area (Å²) >= 11 is 0. The fraction of sp³-hybridized carbons (Fsp3) is 0.0370. The molecule has 5 aromatic rings. The Labute approximate surface area is 196 Å². The molecule has 0 aliphatic rings. The van der Waals surface area contributed by atoms with E-state index in [1.807, 2.05) is 47.0 Å². The van der Waals surface area contributed by atoms with Crippen LogP contribution in [0.25, 0.3) is 21.7 Å². The average molecular weight is 449 g/mol. The molecule has 34 heavy (non-hydrogen) atoms. The summed E-state index contributed by atoms with van der Waals surface area (Å²) < 4.78 is 2.00. The van der Waals surface area contributed by atoms with Gasteiger partial charge in [0.15, 0.2) is 5.96 Å². The van der Waals surface area contributed by atoms with Gasteiger partial charge in [0.05, 0.1) is 11.2 Å².